The minimum absolute atomic E-state index is 0.0201. The molecule has 0 radical (unpaired) electrons. The summed E-state index contributed by atoms with van der Waals surface area (Å²) < 4.78 is 5.25. The Morgan fingerprint density at radius 3 is 2.93 bits per heavy atom. The minimum Gasteiger partial charge on any atom is -0.467 e. The summed E-state index contributed by atoms with van der Waals surface area (Å²) in [5, 5.41) is 1.77. The second kappa shape index (κ2) is 5.66. The lowest BCUT2D eigenvalue weighted by Gasteiger charge is -2.21. The van der Waals surface area contributed by atoms with Crippen LogP contribution in [-0.2, 0) is 4.79 Å². The zero-order valence-corrected chi connectivity index (χ0v) is 9.95. The topological polar surface area (TPSA) is 33.5 Å². The molecule has 0 fully saturated rings. The van der Waals surface area contributed by atoms with Gasteiger partial charge in [0, 0.05) is 13.1 Å². The molecule has 1 aromatic rings. The number of furan rings is 1. The number of thioether (sulfide) groups is 1. The van der Waals surface area contributed by atoms with Crippen molar-refractivity contribution < 1.29 is 9.21 Å². The highest BCUT2D eigenvalue weighted by molar-refractivity contribution is 8.01. The maximum Gasteiger partial charge on any atom is 0.247 e. The fraction of sp³-hybridized carbons (Fsp3) is 0.364. The van der Waals surface area contributed by atoms with Gasteiger partial charge in [-0.2, -0.15) is 0 Å². The summed E-state index contributed by atoms with van der Waals surface area (Å²) in [4.78, 5) is 13.3. The van der Waals surface area contributed by atoms with Crippen molar-refractivity contribution in [2.24, 2.45) is 0 Å². The summed E-state index contributed by atoms with van der Waals surface area (Å²) in [7, 11) is 1.76. The van der Waals surface area contributed by atoms with Gasteiger partial charge >= 0.3 is 0 Å². The number of likely N-dealkylation sites (N-methyl/N-ethyl adjacent to an activating group) is 1. The van der Waals surface area contributed by atoms with Crippen LogP contribution in [0.4, 0.5) is 0 Å². The predicted molar refractivity (Wildman–Crippen MR) is 62.5 cm³/mol. The Balaban J connectivity index is 2.64. The number of rotatable bonds is 4. The molecule has 0 bridgehead atoms. The van der Waals surface area contributed by atoms with Crippen molar-refractivity contribution in [1.82, 2.24) is 4.90 Å². The molecule has 0 spiro atoms. The van der Waals surface area contributed by atoms with Crippen LogP contribution in [-0.4, -0.2) is 24.1 Å². The molecule has 0 aromatic carbocycles. The third-order valence-corrected chi connectivity index (χ3v) is 2.64. The van der Waals surface area contributed by atoms with Gasteiger partial charge in [0.1, 0.15) is 5.76 Å². The first kappa shape index (κ1) is 11.9. The van der Waals surface area contributed by atoms with Gasteiger partial charge in [-0.25, -0.2) is 0 Å². The lowest BCUT2D eigenvalue weighted by atomic mass is 10.2. The van der Waals surface area contributed by atoms with Crippen molar-refractivity contribution in [3.8, 4) is 0 Å². The SMILES string of the molecule is CSC=CC(=O)N(C)C(C)c1ccco1. The molecule has 0 aliphatic heterocycles. The average molecular weight is 225 g/mol. The van der Waals surface area contributed by atoms with Crippen molar-refractivity contribution in [2.75, 3.05) is 13.3 Å². The van der Waals surface area contributed by atoms with Gasteiger partial charge in [-0.05, 0) is 30.7 Å². The van der Waals surface area contributed by atoms with Crippen LogP contribution >= 0.6 is 11.8 Å². The smallest absolute Gasteiger partial charge is 0.247 e. The van der Waals surface area contributed by atoms with Gasteiger partial charge in [-0.15, -0.1) is 11.8 Å². The Labute approximate surface area is 94.1 Å². The number of amides is 1. The summed E-state index contributed by atoms with van der Waals surface area (Å²) in [6.07, 6.45) is 5.09. The molecule has 1 unspecified atom stereocenters. The van der Waals surface area contributed by atoms with Gasteiger partial charge in [0.25, 0.3) is 0 Å². The minimum atomic E-state index is -0.0426. The molecule has 1 rings (SSSR count). The average Bonchev–Trinajstić information content (AvgIpc) is 2.77. The van der Waals surface area contributed by atoms with Crippen molar-refractivity contribution in [1.29, 1.82) is 0 Å². The first-order valence-corrected chi connectivity index (χ1v) is 5.95. The van der Waals surface area contributed by atoms with E-state index in [1.807, 2.05) is 25.3 Å². The Kier molecular flexibility index (Phi) is 4.49. The fourth-order valence-electron chi connectivity index (χ4n) is 1.15. The molecule has 1 heterocycles. The predicted octanol–water partition coefficient (Wildman–Crippen LogP) is 2.68. The van der Waals surface area contributed by atoms with Gasteiger partial charge in [-0.3, -0.25) is 4.79 Å². The number of carbonyl (C=O) groups is 1. The zero-order valence-electron chi connectivity index (χ0n) is 9.14. The second-order valence-corrected chi connectivity index (χ2v) is 3.92. The summed E-state index contributed by atoms with van der Waals surface area (Å²) in [6, 6.07) is 3.65. The van der Waals surface area contributed by atoms with Crippen molar-refractivity contribution in [3.05, 3.63) is 35.6 Å². The zero-order chi connectivity index (χ0) is 11.3. The number of nitrogens with zero attached hydrogens (tertiary/aromatic N) is 1. The van der Waals surface area contributed by atoms with Crippen molar-refractivity contribution in [3.63, 3.8) is 0 Å². The third kappa shape index (κ3) is 3.16. The van der Waals surface area contributed by atoms with E-state index in [9.17, 15) is 4.79 Å². The van der Waals surface area contributed by atoms with E-state index in [2.05, 4.69) is 0 Å². The first-order valence-electron chi connectivity index (χ1n) is 4.66. The molecule has 0 saturated carbocycles. The highest BCUT2D eigenvalue weighted by Crippen LogP contribution is 2.19. The molecule has 82 valence electrons. The van der Waals surface area contributed by atoms with Gasteiger partial charge < -0.3 is 9.32 Å². The molecule has 0 aliphatic carbocycles. The van der Waals surface area contributed by atoms with Crippen LogP contribution in [0.25, 0.3) is 0 Å². The molecule has 1 amide bonds. The monoisotopic (exact) mass is 225 g/mol. The van der Waals surface area contributed by atoms with Crippen LogP contribution in [0, 0.1) is 0 Å². The van der Waals surface area contributed by atoms with Crippen LogP contribution in [0.5, 0.6) is 0 Å². The van der Waals surface area contributed by atoms with Gasteiger partial charge in [-0.1, -0.05) is 0 Å². The van der Waals surface area contributed by atoms with Crippen LogP contribution in [0.15, 0.2) is 34.3 Å². The Morgan fingerprint density at radius 1 is 1.67 bits per heavy atom. The van der Waals surface area contributed by atoms with Crippen LogP contribution < -0.4 is 0 Å². The van der Waals surface area contributed by atoms with E-state index < -0.39 is 0 Å². The molecule has 1 atom stereocenters. The summed E-state index contributed by atoms with van der Waals surface area (Å²) in [6.45, 7) is 1.93. The molecular formula is C11H15NO2S. The maximum atomic E-state index is 11.6. The van der Waals surface area contributed by atoms with Crippen LogP contribution in [0.3, 0.4) is 0 Å². The van der Waals surface area contributed by atoms with E-state index in [0.717, 1.165) is 5.76 Å². The molecular weight excluding hydrogens is 210 g/mol. The molecule has 1 aromatic heterocycles. The Bertz CT molecular complexity index is 332. The lowest BCUT2D eigenvalue weighted by Crippen LogP contribution is -2.27. The van der Waals surface area contributed by atoms with Gasteiger partial charge in [0.05, 0.1) is 12.3 Å². The van der Waals surface area contributed by atoms with Crippen LogP contribution in [0.2, 0.25) is 0 Å². The summed E-state index contributed by atoms with van der Waals surface area (Å²) in [5.41, 5.74) is 0. The molecule has 15 heavy (non-hydrogen) atoms. The summed E-state index contributed by atoms with van der Waals surface area (Å²) in [5.74, 6) is 0.775. The quantitative estimate of drug-likeness (QED) is 0.739. The second-order valence-electron chi connectivity index (χ2n) is 3.18. The van der Waals surface area contributed by atoms with Crippen molar-refractivity contribution >= 4 is 17.7 Å². The van der Waals surface area contributed by atoms with E-state index in [4.69, 9.17) is 4.42 Å². The van der Waals surface area contributed by atoms with Gasteiger partial charge in [0.15, 0.2) is 0 Å². The molecule has 0 N–H and O–H groups in total. The molecule has 3 nitrogen and oxygen atoms in total. The van der Waals surface area contributed by atoms with Gasteiger partial charge in [0.2, 0.25) is 5.91 Å². The highest BCUT2D eigenvalue weighted by atomic mass is 32.2. The van der Waals surface area contributed by atoms with E-state index in [0.29, 0.717) is 0 Å². The number of carbonyl (C=O) groups excluding carboxylic acids is 1. The van der Waals surface area contributed by atoms with Crippen LogP contribution in [0.1, 0.15) is 18.7 Å². The Hall–Kier alpha value is -1.16. The van der Waals surface area contributed by atoms with E-state index in [1.54, 1.807) is 29.7 Å². The maximum absolute atomic E-state index is 11.6. The van der Waals surface area contributed by atoms with E-state index in [-0.39, 0.29) is 11.9 Å². The van der Waals surface area contributed by atoms with Crippen molar-refractivity contribution in [2.45, 2.75) is 13.0 Å². The highest BCUT2D eigenvalue weighted by Gasteiger charge is 2.17. The molecule has 4 heteroatoms. The Morgan fingerprint density at radius 2 is 2.40 bits per heavy atom. The number of hydrogen-bond acceptors (Lipinski definition) is 3. The third-order valence-electron chi connectivity index (χ3n) is 2.23. The largest absolute Gasteiger partial charge is 0.467 e. The first-order chi connectivity index (χ1) is 7.16. The normalized spacial score (nSPS) is 13.0. The summed E-state index contributed by atoms with van der Waals surface area (Å²) >= 11 is 1.51. The lowest BCUT2D eigenvalue weighted by molar-refractivity contribution is -0.126. The molecule has 0 aliphatic rings. The standard InChI is InChI=1S/C11H15NO2S/c1-9(10-5-4-7-14-10)12(2)11(13)6-8-15-3/h4-9H,1-3H3. The number of hydrogen-bond donors (Lipinski definition) is 0. The molecule has 0 saturated heterocycles. The fourth-order valence-corrected chi connectivity index (χ4v) is 1.41. The van der Waals surface area contributed by atoms with E-state index in [1.165, 1.54) is 11.8 Å². The van der Waals surface area contributed by atoms with E-state index >= 15 is 0 Å².